The number of amides is 1. The fourth-order valence-electron chi connectivity index (χ4n) is 7.89. The highest BCUT2D eigenvalue weighted by Gasteiger charge is 2.44. The van der Waals surface area contributed by atoms with Gasteiger partial charge in [-0.25, -0.2) is 13.1 Å². The Morgan fingerprint density at radius 2 is 2.04 bits per heavy atom. The number of hydrogen-bond acceptors (Lipinski definition) is 7. The van der Waals surface area contributed by atoms with E-state index in [2.05, 4.69) is 21.8 Å². The van der Waals surface area contributed by atoms with Crippen LogP contribution in [0.4, 0.5) is 5.69 Å². The highest BCUT2D eigenvalue weighted by Crippen LogP contribution is 2.46. The number of methoxy groups -OCH3 is 1. The molecule has 0 saturated heterocycles. The number of rotatable bonds is 3. The molecule has 8 nitrogen and oxygen atoms in total. The molecule has 1 spiro atoms. The Balaban J connectivity index is 1.41. The zero-order valence-electron chi connectivity index (χ0n) is 26.4. The molecule has 45 heavy (non-hydrogen) atoms. The van der Waals surface area contributed by atoms with Crippen molar-refractivity contribution in [3.05, 3.63) is 70.3 Å². The first kappa shape index (κ1) is 32.4. The van der Waals surface area contributed by atoms with Crippen molar-refractivity contribution in [2.24, 2.45) is 17.8 Å². The number of aliphatic hydroxyl groups is 1. The lowest BCUT2D eigenvalue weighted by atomic mass is 9.68. The molecular formula is C35H45ClN2O6S. The number of anilines is 1. The van der Waals surface area contributed by atoms with Gasteiger partial charge in [0.15, 0.2) is 0 Å². The van der Waals surface area contributed by atoms with E-state index in [0.717, 1.165) is 42.8 Å². The van der Waals surface area contributed by atoms with Gasteiger partial charge in [0.1, 0.15) is 5.75 Å². The van der Waals surface area contributed by atoms with Gasteiger partial charge in [-0.05, 0) is 111 Å². The van der Waals surface area contributed by atoms with Gasteiger partial charge in [0.2, 0.25) is 10.0 Å². The van der Waals surface area contributed by atoms with E-state index in [-0.39, 0.29) is 41.3 Å². The number of fused-ring (bicyclic) bond motifs is 4. The van der Waals surface area contributed by atoms with E-state index in [1.54, 1.807) is 25.3 Å². The lowest BCUT2D eigenvalue weighted by molar-refractivity contribution is 0.0455. The van der Waals surface area contributed by atoms with Crippen molar-refractivity contribution in [2.75, 3.05) is 31.7 Å². The van der Waals surface area contributed by atoms with Gasteiger partial charge in [-0.15, -0.1) is 0 Å². The van der Waals surface area contributed by atoms with Crippen LogP contribution in [-0.2, 0) is 26.6 Å². The number of allylic oxidation sites excluding steroid dienone is 1. The molecule has 2 N–H and O–H groups in total. The molecule has 4 aliphatic rings. The number of aryl methyl sites for hydroxylation is 1. The van der Waals surface area contributed by atoms with E-state index in [4.69, 9.17) is 21.1 Å². The van der Waals surface area contributed by atoms with Crippen LogP contribution in [0.3, 0.4) is 0 Å². The normalized spacial score (nSPS) is 32.6. The number of benzene rings is 2. The van der Waals surface area contributed by atoms with Crippen LogP contribution in [-0.4, -0.2) is 63.7 Å². The number of hydrogen-bond donors (Lipinski definition) is 2. The van der Waals surface area contributed by atoms with E-state index in [1.165, 1.54) is 11.1 Å². The van der Waals surface area contributed by atoms with Crippen molar-refractivity contribution in [1.82, 2.24) is 4.72 Å². The van der Waals surface area contributed by atoms with Crippen molar-refractivity contribution < 1.29 is 27.8 Å². The van der Waals surface area contributed by atoms with Crippen molar-refractivity contribution in [2.45, 2.75) is 81.7 Å². The van der Waals surface area contributed by atoms with Crippen LogP contribution in [0.2, 0.25) is 5.02 Å². The van der Waals surface area contributed by atoms with E-state index < -0.39 is 27.3 Å². The molecule has 10 heteroatoms. The minimum Gasteiger partial charge on any atom is -0.490 e. The predicted molar refractivity (Wildman–Crippen MR) is 177 cm³/mol. The average Bonchev–Trinajstić information content (AvgIpc) is 3.13. The molecule has 6 rings (SSSR count). The number of aliphatic hydroxyl groups excluding tert-OH is 1. The molecule has 1 fully saturated rings. The van der Waals surface area contributed by atoms with E-state index in [1.807, 2.05) is 32.1 Å². The number of nitrogens with zero attached hydrogens (tertiary/aromatic N) is 1. The van der Waals surface area contributed by atoms with Crippen molar-refractivity contribution in [1.29, 1.82) is 0 Å². The molecule has 244 valence electrons. The molecule has 2 bridgehead atoms. The van der Waals surface area contributed by atoms with Gasteiger partial charge in [-0.2, -0.15) is 0 Å². The molecule has 1 amide bonds. The summed E-state index contributed by atoms with van der Waals surface area (Å²) in [6.45, 7) is 5.57. The number of halogens is 1. The molecule has 1 saturated carbocycles. The molecule has 7 atom stereocenters. The molecular weight excluding hydrogens is 612 g/mol. The number of sulfonamides is 1. The Bertz CT molecular complexity index is 1560. The molecule has 2 aliphatic carbocycles. The van der Waals surface area contributed by atoms with Crippen LogP contribution in [0.25, 0.3) is 0 Å². The fraction of sp³-hybridized carbons (Fsp3) is 0.571. The maximum absolute atomic E-state index is 13.7. The summed E-state index contributed by atoms with van der Waals surface area (Å²) in [6, 6.07) is 11.4. The summed E-state index contributed by atoms with van der Waals surface area (Å²) < 4.78 is 41.8. The van der Waals surface area contributed by atoms with Crippen LogP contribution < -0.4 is 14.4 Å². The topological polar surface area (TPSA) is 105 Å². The summed E-state index contributed by atoms with van der Waals surface area (Å²) in [4.78, 5) is 15.9. The Morgan fingerprint density at radius 3 is 2.80 bits per heavy atom. The van der Waals surface area contributed by atoms with Gasteiger partial charge < -0.3 is 19.5 Å². The predicted octanol–water partition coefficient (Wildman–Crippen LogP) is 5.65. The number of ether oxygens (including phenoxy) is 2. The van der Waals surface area contributed by atoms with E-state index in [9.17, 15) is 18.3 Å². The Morgan fingerprint density at radius 1 is 1.22 bits per heavy atom. The van der Waals surface area contributed by atoms with Crippen LogP contribution >= 0.6 is 11.6 Å². The summed E-state index contributed by atoms with van der Waals surface area (Å²) in [6.07, 6.45) is 8.38. The number of carbonyl (C=O) groups is 1. The van der Waals surface area contributed by atoms with E-state index in [0.29, 0.717) is 31.9 Å². The minimum absolute atomic E-state index is 0.102. The highest BCUT2D eigenvalue weighted by molar-refractivity contribution is 7.90. The van der Waals surface area contributed by atoms with Crippen LogP contribution in [0, 0.1) is 17.8 Å². The van der Waals surface area contributed by atoms with Crippen LogP contribution in [0.5, 0.6) is 5.75 Å². The van der Waals surface area contributed by atoms with Gasteiger partial charge in [0.05, 0.1) is 29.8 Å². The Labute approximate surface area is 272 Å². The van der Waals surface area contributed by atoms with Crippen molar-refractivity contribution in [3.63, 3.8) is 0 Å². The molecule has 0 aromatic heterocycles. The van der Waals surface area contributed by atoms with Gasteiger partial charge in [0.25, 0.3) is 5.91 Å². The minimum atomic E-state index is -4.06. The summed E-state index contributed by atoms with van der Waals surface area (Å²) in [5.41, 5.74) is 3.26. The summed E-state index contributed by atoms with van der Waals surface area (Å²) in [5.74, 6) is 0.0766. The van der Waals surface area contributed by atoms with Crippen LogP contribution in [0.15, 0.2) is 48.6 Å². The maximum atomic E-state index is 13.7. The summed E-state index contributed by atoms with van der Waals surface area (Å²) >= 11 is 6.40. The SMILES string of the molecule is CO[C@H](C)C[C@H]1C(C)C/C=C/C(O)[C@@H]2CC[C@H]2CN2C[C@@]3(CCCc4cc(Cl)ccc43)COc3ccc(cc32)C(=O)NS1(=O)=O. The first-order valence-electron chi connectivity index (χ1n) is 16.2. The van der Waals surface area contributed by atoms with Gasteiger partial charge in [-0.3, -0.25) is 4.79 Å². The first-order chi connectivity index (χ1) is 21.5. The quantitative estimate of drug-likeness (QED) is 0.412. The van der Waals surface area contributed by atoms with Gasteiger partial charge in [-0.1, -0.05) is 36.7 Å². The lowest BCUT2D eigenvalue weighted by Crippen LogP contribution is -2.49. The zero-order chi connectivity index (χ0) is 31.9. The van der Waals surface area contributed by atoms with E-state index >= 15 is 0 Å². The first-order valence-corrected chi connectivity index (χ1v) is 18.2. The highest BCUT2D eigenvalue weighted by atomic mass is 35.5. The fourth-order valence-corrected chi connectivity index (χ4v) is 9.86. The average molecular weight is 657 g/mol. The Hall–Kier alpha value is -2.59. The third-order valence-electron chi connectivity index (χ3n) is 10.7. The second kappa shape index (κ2) is 12.9. The third-order valence-corrected chi connectivity index (χ3v) is 12.9. The largest absolute Gasteiger partial charge is 0.490 e. The zero-order valence-corrected chi connectivity index (χ0v) is 27.9. The van der Waals surface area contributed by atoms with Crippen molar-refractivity contribution >= 4 is 33.2 Å². The monoisotopic (exact) mass is 656 g/mol. The standard InChI is InChI=1S/C35H45ClN2O6S/c1-22-6-4-8-31(39)28-12-9-26(28)19-38-20-35(15-5-7-24-17-27(36)11-13-29(24)35)21-44-32-14-10-25(18-30(32)38)34(40)37-45(41,42)33(22)16-23(2)43-3/h4,8,10-11,13-14,17-18,22-23,26,28,31,33,39H,5-7,9,12,15-16,19-21H2,1-3H3,(H,37,40)/b8-4+/t22?,23-,26+,28-,31?,33+,35+/m1/s1. The van der Waals surface area contributed by atoms with Gasteiger partial charge >= 0.3 is 0 Å². The van der Waals surface area contributed by atoms with Gasteiger partial charge in [0, 0.05) is 36.2 Å². The second-order valence-electron chi connectivity index (χ2n) is 13.7. The van der Waals surface area contributed by atoms with Crippen molar-refractivity contribution in [3.8, 4) is 5.75 Å². The number of nitrogens with one attached hydrogen (secondary N) is 1. The molecule has 2 heterocycles. The molecule has 2 aromatic rings. The van der Waals surface area contributed by atoms with Crippen LogP contribution in [0.1, 0.15) is 73.9 Å². The maximum Gasteiger partial charge on any atom is 0.264 e. The Kier molecular flexibility index (Phi) is 9.27. The second-order valence-corrected chi connectivity index (χ2v) is 16.1. The number of carbonyl (C=O) groups excluding carboxylic acids is 1. The smallest absolute Gasteiger partial charge is 0.264 e. The summed E-state index contributed by atoms with van der Waals surface area (Å²) in [5, 5.41) is 11.1. The summed E-state index contributed by atoms with van der Waals surface area (Å²) in [7, 11) is -2.51. The lowest BCUT2D eigenvalue weighted by Gasteiger charge is -2.45. The molecule has 2 aromatic carbocycles. The molecule has 2 unspecified atom stereocenters. The molecule has 0 radical (unpaired) electrons. The third kappa shape index (κ3) is 6.51. The molecule has 2 aliphatic heterocycles.